The van der Waals surface area contributed by atoms with Crippen molar-refractivity contribution in [2.45, 2.75) is 39.0 Å². The molecule has 1 rings (SSSR count). The molecule has 0 heterocycles. The summed E-state index contributed by atoms with van der Waals surface area (Å²) < 4.78 is 0. The van der Waals surface area contributed by atoms with Gasteiger partial charge in [-0.1, -0.05) is 56.4 Å². The average molecular weight is 192 g/mol. The highest BCUT2D eigenvalue weighted by atomic mass is 28.3. The summed E-state index contributed by atoms with van der Waals surface area (Å²) in [5.74, 6) is 0. The van der Waals surface area contributed by atoms with Crippen molar-refractivity contribution < 1.29 is 0 Å². The molecular weight excluding hydrogens is 172 g/mol. The summed E-state index contributed by atoms with van der Waals surface area (Å²) in [5.41, 5.74) is 2.95. The lowest BCUT2D eigenvalue weighted by Crippen LogP contribution is -2.23. The zero-order valence-electron chi connectivity index (χ0n) is 9.22. The van der Waals surface area contributed by atoms with Crippen LogP contribution in [0.2, 0.25) is 19.6 Å². The van der Waals surface area contributed by atoms with Gasteiger partial charge in [-0.2, -0.15) is 0 Å². The first-order chi connectivity index (χ1) is 6.01. The number of benzene rings is 1. The molecule has 1 aromatic carbocycles. The summed E-state index contributed by atoms with van der Waals surface area (Å²) >= 11 is 0. The molecule has 0 saturated carbocycles. The van der Waals surface area contributed by atoms with Crippen molar-refractivity contribution in [1.29, 1.82) is 0 Å². The first kappa shape index (κ1) is 10.5. The van der Waals surface area contributed by atoms with Gasteiger partial charge in [-0.25, -0.2) is 0 Å². The number of aryl methyl sites for hydroxylation is 1. The van der Waals surface area contributed by atoms with E-state index in [-0.39, 0.29) is 0 Å². The molecule has 1 heteroatoms. The second kappa shape index (κ2) is 4.10. The minimum Gasteiger partial charge on any atom is -0.0693 e. The Kier molecular flexibility index (Phi) is 3.31. The zero-order valence-corrected chi connectivity index (χ0v) is 10.2. The van der Waals surface area contributed by atoms with E-state index in [1.807, 2.05) is 0 Å². The predicted molar refractivity (Wildman–Crippen MR) is 62.9 cm³/mol. The fourth-order valence-corrected chi connectivity index (χ4v) is 2.97. The lowest BCUT2D eigenvalue weighted by molar-refractivity contribution is 1.13. The molecule has 0 N–H and O–H groups in total. The van der Waals surface area contributed by atoms with Crippen LogP contribution in [-0.2, 0) is 12.5 Å². The number of hydrogen-bond acceptors (Lipinski definition) is 0. The third-order valence-electron chi connectivity index (χ3n) is 2.17. The first-order valence-corrected chi connectivity index (χ1v) is 8.80. The summed E-state index contributed by atoms with van der Waals surface area (Å²) in [7, 11) is -0.926. The van der Waals surface area contributed by atoms with Crippen LogP contribution in [0.1, 0.15) is 18.1 Å². The van der Waals surface area contributed by atoms with E-state index in [0.717, 1.165) is 6.42 Å². The van der Waals surface area contributed by atoms with Crippen LogP contribution in [0.3, 0.4) is 0 Å². The Bertz CT molecular complexity index is 253. The molecule has 0 radical (unpaired) electrons. The Morgan fingerprint density at radius 2 is 1.38 bits per heavy atom. The van der Waals surface area contributed by atoms with E-state index in [4.69, 9.17) is 0 Å². The molecule has 0 atom stereocenters. The Balaban J connectivity index is 2.70. The lowest BCUT2D eigenvalue weighted by Gasteiger charge is -2.15. The molecule has 0 aromatic heterocycles. The van der Waals surface area contributed by atoms with Crippen LogP contribution in [0, 0.1) is 0 Å². The number of hydrogen-bond donors (Lipinski definition) is 0. The van der Waals surface area contributed by atoms with Gasteiger partial charge in [0.25, 0.3) is 0 Å². The Morgan fingerprint density at radius 3 is 1.77 bits per heavy atom. The fraction of sp³-hybridized carbons (Fsp3) is 0.500. The highest BCUT2D eigenvalue weighted by Crippen LogP contribution is 2.12. The van der Waals surface area contributed by atoms with E-state index < -0.39 is 8.07 Å². The monoisotopic (exact) mass is 192 g/mol. The van der Waals surface area contributed by atoms with Crippen molar-refractivity contribution in [3.05, 3.63) is 35.4 Å². The predicted octanol–water partition coefficient (Wildman–Crippen LogP) is 3.67. The van der Waals surface area contributed by atoms with Gasteiger partial charge in [0.1, 0.15) is 0 Å². The number of rotatable bonds is 3. The molecule has 0 nitrogen and oxygen atoms in total. The molecule has 0 bridgehead atoms. The second-order valence-electron chi connectivity index (χ2n) is 4.91. The van der Waals surface area contributed by atoms with Gasteiger partial charge in [0, 0.05) is 8.07 Å². The van der Waals surface area contributed by atoms with Gasteiger partial charge in [0.2, 0.25) is 0 Å². The smallest absolute Gasteiger partial charge is 0.0487 e. The van der Waals surface area contributed by atoms with E-state index in [1.165, 1.54) is 17.2 Å². The van der Waals surface area contributed by atoms with E-state index in [1.54, 1.807) is 0 Å². The van der Waals surface area contributed by atoms with Crippen molar-refractivity contribution in [3.8, 4) is 0 Å². The van der Waals surface area contributed by atoms with Gasteiger partial charge in [-0.05, 0) is 18.0 Å². The van der Waals surface area contributed by atoms with Gasteiger partial charge >= 0.3 is 0 Å². The highest BCUT2D eigenvalue weighted by molar-refractivity contribution is 6.75. The maximum absolute atomic E-state index is 2.42. The normalized spacial score (nSPS) is 11.7. The van der Waals surface area contributed by atoms with Crippen LogP contribution >= 0.6 is 0 Å². The first-order valence-electron chi connectivity index (χ1n) is 5.09. The Hall–Kier alpha value is -0.563. The Labute approximate surface area is 83.0 Å². The van der Waals surface area contributed by atoms with Crippen LogP contribution in [0.5, 0.6) is 0 Å². The summed E-state index contributed by atoms with van der Waals surface area (Å²) in [5, 5.41) is 0. The van der Waals surface area contributed by atoms with E-state index >= 15 is 0 Å². The summed E-state index contributed by atoms with van der Waals surface area (Å²) in [6.07, 6.45) is 1.15. The zero-order chi connectivity index (χ0) is 9.90. The van der Waals surface area contributed by atoms with Crippen molar-refractivity contribution in [3.63, 3.8) is 0 Å². The van der Waals surface area contributed by atoms with Gasteiger partial charge in [0.05, 0.1) is 0 Å². The minimum atomic E-state index is -0.926. The second-order valence-corrected chi connectivity index (χ2v) is 10.4. The van der Waals surface area contributed by atoms with Gasteiger partial charge < -0.3 is 0 Å². The van der Waals surface area contributed by atoms with Gasteiger partial charge in [-0.15, -0.1) is 0 Å². The maximum atomic E-state index is 2.42. The minimum absolute atomic E-state index is 0.926. The van der Waals surface area contributed by atoms with E-state index in [0.29, 0.717) is 0 Å². The SMILES string of the molecule is CCc1ccc(C[Si](C)(C)C)cc1. The third kappa shape index (κ3) is 3.77. The molecule has 0 fully saturated rings. The van der Waals surface area contributed by atoms with Crippen LogP contribution in [0.4, 0.5) is 0 Å². The van der Waals surface area contributed by atoms with E-state index in [9.17, 15) is 0 Å². The fourth-order valence-electron chi connectivity index (χ4n) is 1.51. The third-order valence-corrected chi connectivity index (χ3v) is 3.63. The van der Waals surface area contributed by atoms with Crippen molar-refractivity contribution in [2.24, 2.45) is 0 Å². The quantitative estimate of drug-likeness (QED) is 0.641. The molecule has 0 saturated heterocycles. The van der Waals surface area contributed by atoms with Gasteiger partial charge in [-0.3, -0.25) is 0 Å². The Morgan fingerprint density at radius 1 is 0.923 bits per heavy atom. The molecule has 0 unspecified atom stereocenters. The van der Waals surface area contributed by atoms with Crippen LogP contribution in [-0.4, -0.2) is 8.07 Å². The van der Waals surface area contributed by atoms with Crippen LogP contribution < -0.4 is 0 Å². The molecule has 0 spiro atoms. The topological polar surface area (TPSA) is 0 Å². The lowest BCUT2D eigenvalue weighted by atomic mass is 10.1. The van der Waals surface area contributed by atoms with Crippen LogP contribution in [0.15, 0.2) is 24.3 Å². The molecule has 72 valence electrons. The van der Waals surface area contributed by atoms with Crippen molar-refractivity contribution >= 4 is 8.07 Å². The molecule has 0 amide bonds. The average Bonchev–Trinajstić information content (AvgIpc) is 2.03. The summed E-state index contributed by atoms with van der Waals surface area (Å²) in [6.45, 7) is 9.45. The molecule has 0 aliphatic heterocycles. The van der Waals surface area contributed by atoms with Crippen molar-refractivity contribution in [1.82, 2.24) is 0 Å². The molecule has 0 aliphatic carbocycles. The van der Waals surface area contributed by atoms with Crippen molar-refractivity contribution in [2.75, 3.05) is 0 Å². The molecular formula is C12H20Si. The summed E-state index contributed by atoms with van der Waals surface area (Å²) in [4.78, 5) is 0. The van der Waals surface area contributed by atoms with E-state index in [2.05, 4.69) is 50.8 Å². The standard InChI is InChI=1S/C12H20Si/c1-5-11-6-8-12(9-7-11)10-13(2,3)4/h6-9H,5,10H2,1-4H3. The molecule has 1 aromatic rings. The molecule has 0 aliphatic rings. The molecule has 13 heavy (non-hydrogen) atoms. The largest absolute Gasteiger partial charge is 0.0693 e. The maximum Gasteiger partial charge on any atom is 0.0487 e. The van der Waals surface area contributed by atoms with Gasteiger partial charge in [0.15, 0.2) is 0 Å². The summed E-state index contributed by atoms with van der Waals surface area (Å²) in [6, 6.07) is 10.4. The van der Waals surface area contributed by atoms with Crippen LogP contribution in [0.25, 0.3) is 0 Å². The highest BCUT2D eigenvalue weighted by Gasteiger charge is 2.13.